The van der Waals surface area contributed by atoms with E-state index in [1.54, 1.807) is 13.0 Å². The molecule has 21 heavy (non-hydrogen) atoms. The Hall–Kier alpha value is -1.07. The van der Waals surface area contributed by atoms with Crippen LogP contribution in [0.3, 0.4) is 0 Å². The lowest BCUT2D eigenvalue weighted by Crippen LogP contribution is -2.32. The van der Waals surface area contributed by atoms with Crippen LogP contribution in [-0.2, 0) is 9.05 Å². The van der Waals surface area contributed by atoms with E-state index in [1.165, 1.54) is 12.1 Å². The van der Waals surface area contributed by atoms with Crippen LogP contribution in [0.4, 0.5) is 0 Å². The largest absolute Gasteiger partial charge is 0.350 e. The van der Waals surface area contributed by atoms with Crippen LogP contribution in [0.1, 0.15) is 49.5 Å². The third-order valence-electron chi connectivity index (χ3n) is 3.15. The molecule has 0 aliphatic heterocycles. The number of benzene rings is 1. The van der Waals surface area contributed by atoms with Crippen molar-refractivity contribution in [3.8, 4) is 0 Å². The van der Waals surface area contributed by atoms with E-state index in [-0.39, 0.29) is 16.8 Å². The van der Waals surface area contributed by atoms with Crippen molar-refractivity contribution in [2.24, 2.45) is 5.92 Å². The third kappa shape index (κ3) is 6.06. The van der Waals surface area contributed by atoms with E-state index in [0.29, 0.717) is 17.0 Å². The second kappa shape index (κ2) is 7.27. The molecule has 1 rings (SSSR count). The lowest BCUT2D eigenvalue weighted by atomic mass is 10.0. The van der Waals surface area contributed by atoms with Gasteiger partial charge >= 0.3 is 0 Å². The summed E-state index contributed by atoms with van der Waals surface area (Å²) in [5.74, 6) is 0.299. The maximum absolute atomic E-state index is 12.2. The molecule has 4 nitrogen and oxygen atoms in total. The maximum atomic E-state index is 12.2. The lowest BCUT2D eigenvalue weighted by Gasteiger charge is -2.15. The minimum atomic E-state index is -3.84. The van der Waals surface area contributed by atoms with Gasteiger partial charge in [-0.2, -0.15) is 0 Å². The molecule has 0 aliphatic carbocycles. The lowest BCUT2D eigenvalue weighted by molar-refractivity contribution is 0.0937. The average molecular weight is 332 g/mol. The minimum absolute atomic E-state index is 0.0384. The Morgan fingerprint density at radius 2 is 1.81 bits per heavy atom. The van der Waals surface area contributed by atoms with Crippen LogP contribution < -0.4 is 5.32 Å². The van der Waals surface area contributed by atoms with Crippen LogP contribution in [0.15, 0.2) is 23.1 Å². The first-order valence-corrected chi connectivity index (χ1v) is 9.27. The topological polar surface area (TPSA) is 63.2 Å². The molecule has 1 unspecified atom stereocenters. The number of carbonyl (C=O) groups is 1. The zero-order valence-electron chi connectivity index (χ0n) is 12.8. The molecule has 0 saturated carbocycles. The summed E-state index contributed by atoms with van der Waals surface area (Å²) in [4.78, 5) is 12.1. The van der Waals surface area contributed by atoms with E-state index in [1.807, 2.05) is 6.92 Å². The second-order valence-electron chi connectivity index (χ2n) is 5.82. The summed E-state index contributed by atoms with van der Waals surface area (Å²) < 4.78 is 22.8. The zero-order valence-corrected chi connectivity index (χ0v) is 14.4. The van der Waals surface area contributed by atoms with Crippen molar-refractivity contribution >= 4 is 25.6 Å². The zero-order chi connectivity index (χ0) is 16.2. The van der Waals surface area contributed by atoms with Crippen molar-refractivity contribution < 1.29 is 13.2 Å². The molecule has 6 heteroatoms. The number of amides is 1. The van der Waals surface area contributed by atoms with Gasteiger partial charge in [-0.05, 0) is 56.4 Å². The van der Waals surface area contributed by atoms with Crippen molar-refractivity contribution in [3.63, 3.8) is 0 Å². The van der Waals surface area contributed by atoms with Crippen molar-refractivity contribution in [1.82, 2.24) is 5.32 Å². The molecule has 0 bridgehead atoms. The van der Waals surface area contributed by atoms with Gasteiger partial charge in [-0.15, -0.1) is 0 Å². The molecule has 0 radical (unpaired) electrons. The van der Waals surface area contributed by atoms with Crippen molar-refractivity contribution in [2.75, 3.05) is 0 Å². The van der Waals surface area contributed by atoms with Crippen LogP contribution in [0.5, 0.6) is 0 Å². The SMILES string of the molecule is Cc1cc(C(=O)NC(C)CCC(C)C)cc(S(=O)(=O)Cl)c1. The van der Waals surface area contributed by atoms with E-state index in [9.17, 15) is 13.2 Å². The third-order valence-corrected chi connectivity index (χ3v) is 4.48. The number of hydrogen-bond donors (Lipinski definition) is 1. The van der Waals surface area contributed by atoms with E-state index >= 15 is 0 Å². The van der Waals surface area contributed by atoms with Gasteiger partial charge in [0.15, 0.2) is 0 Å². The van der Waals surface area contributed by atoms with E-state index in [0.717, 1.165) is 12.8 Å². The Morgan fingerprint density at radius 1 is 1.19 bits per heavy atom. The fourth-order valence-corrected chi connectivity index (χ4v) is 2.84. The Kier molecular flexibility index (Phi) is 6.23. The molecule has 0 aromatic heterocycles. The summed E-state index contributed by atoms with van der Waals surface area (Å²) in [6.07, 6.45) is 1.91. The number of rotatable bonds is 6. The molecule has 1 N–H and O–H groups in total. The van der Waals surface area contributed by atoms with Crippen molar-refractivity contribution in [1.29, 1.82) is 0 Å². The summed E-state index contributed by atoms with van der Waals surface area (Å²) in [6, 6.07) is 4.44. The number of aryl methyl sites for hydroxylation is 1. The standard InChI is InChI=1S/C15H22ClNO3S/c1-10(2)5-6-12(4)17-15(18)13-7-11(3)8-14(9-13)21(16,19)20/h7-10,12H,5-6H2,1-4H3,(H,17,18). The first kappa shape index (κ1) is 18.0. The first-order chi connectivity index (χ1) is 9.59. The Morgan fingerprint density at radius 3 is 2.33 bits per heavy atom. The number of carbonyl (C=O) groups excluding carboxylic acids is 1. The first-order valence-electron chi connectivity index (χ1n) is 6.97. The molecule has 0 spiro atoms. The Balaban J connectivity index is 2.86. The summed E-state index contributed by atoms with van der Waals surface area (Å²) in [6.45, 7) is 7.93. The molecule has 0 fully saturated rings. The monoisotopic (exact) mass is 331 g/mol. The number of halogens is 1. The summed E-state index contributed by atoms with van der Waals surface area (Å²) in [5, 5.41) is 2.88. The van der Waals surface area contributed by atoms with Gasteiger partial charge in [-0.3, -0.25) is 4.79 Å². The molecule has 0 heterocycles. The number of nitrogens with one attached hydrogen (secondary N) is 1. The molecule has 1 aromatic carbocycles. The molecule has 118 valence electrons. The summed E-state index contributed by atoms with van der Waals surface area (Å²) in [5.41, 5.74) is 0.988. The molecule has 1 aromatic rings. The van der Waals surface area contributed by atoms with E-state index < -0.39 is 9.05 Å². The van der Waals surface area contributed by atoms with Crippen molar-refractivity contribution in [3.05, 3.63) is 29.3 Å². The van der Waals surface area contributed by atoms with Crippen LogP contribution in [-0.4, -0.2) is 20.4 Å². The van der Waals surface area contributed by atoms with Gasteiger partial charge in [0.2, 0.25) is 0 Å². The molecule has 0 saturated heterocycles. The summed E-state index contributed by atoms with van der Waals surface area (Å²) in [7, 11) is 1.50. The van der Waals surface area contributed by atoms with E-state index in [2.05, 4.69) is 19.2 Å². The van der Waals surface area contributed by atoms with Crippen LogP contribution >= 0.6 is 10.7 Å². The number of hydrogen-bond acceptors (Lipinski definition) is 3. The normalized spacial score (nSPS) is 13.2. The molecule has 0 aliphatic rings. The van der Waals surface area contributed by atoms with Crippen molar-refractivity contribution in [2.45, 2.75) is 51.5 Å². The molecule has 1 atom stereocenters. The van der Waals surface area contributed by atoms with Crippen LogP contribution in [0.25, 0.3) is 0 Å². The predicted molar refractivity (Wildman–Crippen MR) is 85.2 cm³/mol. The van der Waals surface area contributed by atoms with Gasteiger partial charge in [-0.25, -0.2) is 8.42 Å². The minimum Gasteiger partial charge on any atom is -0.350 e. The van der Waals surface area contributed by atoms with Gasteiger partial charge in [0, 0.05) is 22.3 Å². The Bertz CT molecular complexity index is 611. The van der Waals surface area contributed by atoms with Crippen LogP contribution in [0.2, 0.25) is 0 Å². The molecular formula is C15H22ClNO3S. The van der Waals surface area contributed by atoms with Crippen LogP contribution in [0, 0.1) is 12.8 Å². The highest BCUT2D eigenvalue weighted by atomic mass is 35.7. The van der Waals surface area contributed by atoms with Gasteiger partial charge in [0.05, 0.1) is 4.90 Å². The fourth-order valence-electron chi connectivity index (χ4n) is 1.98. The van der Waals surface area contributed by atoms with Gasteiger partial charge in [-0.1, -0.05) is 13.8 Å². The summed E-state index contributed by atoms with van der Waals surface area (Å²) >= 11 is 0. The molecular weight excluding hydrogens is 310 g/mol. The second-order valence-corrected chi connectivity index (χ2v) is 8.38. The predicted octanol–water partition coefficient (Wildman–Crippen LogP) is 3.48. The Labute approximate surface area is 131 Å². The van der Waals surface area contributed by atoms with Gasteiger partial charge < -0.3 is 5.32 Å². The highest BCUT2D eigenvalue weighted by Gasteiger charge is 2.16. The van der Waals surface area contributed by atoms with Gasteiger partial charge in [0.1, 0.15) is 0 Å². The maximum Gasteiger partial charge on any atom is 0.261 e. The molecule has 1 amide bonds. The smallest absolute Gasteiger partial charge is 0.261 e. The van der Waals surface area contributed by atoms with E-state index in [4.69, 9.17) is 10.7 Å². The quantitative estimate of drug-likeness (QED) is 0.812. The highest BCUT2D eigenvalue weighted by Crippen LogP contribution is 2.19. The highest BCUT2D eigenvalue weighted by molar-refractivity contribution is 8.13. The average Bonchev–Trinajstić information content (AvgIpc) is 2.34. The van der Waals surface area contributed by atoms with Gasteiger partial charge in [0.25, 0.3) is 15.0 Å². The fraction of sp³-hybridized carbons (Fsp3) is 0.533.